The van der Waals surface area contributed by atoms with E-state index < -0.39 is 0 Å². The average molecular weight is 364 g/mol. The first-order chi connectivity index (χ1) is 13.1. The quantitative estimate of drug-likeness (QED) is 0.884. The lowest BCUT2D eigenvalue weighted by molar-refractivity contribution is 0.0873. The van der Waals surface area contributed by atoms with Crippen molar-refractivity contribution in [3.05, 3.63) is 53.4 Å². The Morgan fingerprint density at radius 1 is 1.26 bits per heavy atom. The van der Waals surface area contributed by atoms with Crippen molar-refractivity contribution in [3.8, 4) is 11.5 Å². The summed E-state index contributed by atoms with van der Waals surface area (Å²) >= 11 is 0. The van der Waals surface area contributed by atoms with Gasteiger partial charge in [-0.3, -0.25) is 0 Å². The fourth-order valence-electron chi connectivity index (χ4n) is 5.66. The Balaban J connectivity index is 1.33. The van der Waals surface area contributed by atoms with Crippen LogP contribution in [0.25, 0.3) is 0 Å². The van der Waals surface area contributed by atoms with Gasteiger partial charge in [0, 0.05) is 42.7 Å². The van der Waals surface area contributed by atoms with Crippen molar-refractivity contribution in [1.29, 1.82) is 0 Å². The molecule has 0 saturated heterocycles. The molecule has 1 aromatic carbocycles. The fourth-order valence-corrected chi connectivity index (χ4v) is 5.66. The van der Waals surface area contributed by atoms with E-state index in [9.17, 15) is 0 Å². The summed E-state index contributed by atoms with van der Waals surface area (Å²) in [7, 11) is 4.11. The summed E-state index contributed by atoms with van der Waals surface area (Å²) in [4.78, 5) is 2.54. The van der Waals surface area contributed by atoms with Crippen LogP contribution in [0, 0.1) is 5.41 Å². The maximum absolute atomic E-state index is 5.71. The second-order valence-electron chi connectivity index (χ2n) is 8.28. The molecule has 1 fully saturated rings. The largest absolute Gasteiger partial charge is 0.454 e. The second kappa shape index (κ2) is 5.10. The first-order valence-electron chi connectivity index (χ1n) is 9.73. The lowest BCUT2D eigenvalue weighted by Gasteiger charge is -2.30. The molecule has 2 aliphatic heterocycles. The van der Waals surface area contributed by atoms with Crippen molar-refractivity contribution < 1.29 is 14.2 Å². The van der Waals surface area contributed by atoms with Crippen LogP contribution >= 0.6 is 0 Å². The van der Waals surface area contributed by atoms with Crippen molar-refractivity contribution in [2.75, 3.05) is 26.3 Å². The maximum atomic E-state index is 5.71. The van der Waals surface area contributed by atoms with Gasteiger partial charge in [-0.2, -0.15) is 0 Å². The normalized spacial score (nSPS) is 34.8. The zero-order valence-corrected chi connectivity index (χ0v) is 15.7. The van der Waals surface area contributed by atoms with Gasteiger partial charge in [0.05, 0.1) is 11.6 Å². The molecule has 0 bridgehead atoms. The van der Waals surface area contributed by atoms with Gasteiger partial charge in [0.2, 0.25) is 6.79 Å². The molecule has 0 radical (unpaired) electrons. The molecule has 140 valence electrons. The van der Waals surface area contributed by atoms with Crippen molar-refractivity contribution in [3.63, 3.8) is 0 Å². The van der Waals surface area contributed by atoms with Crippen LogP contribution in [0.3, 0.4) is 0 Å². The van der Waals surface area contributed by atoms with Crippen LogP contribution < -0.4 is 14.8 Å². The Hall–Kier alpha value is -2.40. The highest BCUT2D eigenvalue weighted by atomic mass is 16.7. The summed E-state index contributed by atoms with van der Waals surface area (Å²) in [6.07, 6.45) is 11.9. The van der Waals surface area contributed by atoms with E-state index in [0.29, 0.717) is 12.9 Å². The SMILES string of the molecule is COC1CCC2=C(C1)C13C=C(Nc4ccc5c(c4)OCO5)C=CC1(C3)N2C. The molecule has 1 aromatic rings. The minimum absolute atomic E-state index is 0.141. The zero-order chi connectivity index (χ0) is 18.2. The van der Waals surface area contributed by atoms with Gasteiger partial charge in [-0.15, -0.1) is 0 Å². The van der Waals surface area contributed by atoms with Crippen LogP contribution in [0.1, 0.15) is 25.7 Å². The summed E-state index contributed by atoms with van der Waals surface area (Å²) in [5.74, 6) is 1.62. The number of benzene rings is 1. The van der Waals surface area contributed by atoms with Gasteiger partial charge in [-0.25, -0.2) is 0 Å². The highest BCUT2D eigenvalue weighted by Gasteiger charge is 2.74. The number of allylic oxidation sites excluding steroid dienone is 2. The van der Waals surface area contributed by atoms with Crippen LogP contribution in [0.15, 0.2) is 53.4 Å². The molecule has 5 heteroatoms. The van der Waals surface area contributed by atoms with Gasteiger partial charge in [0.25, 0.3) is 0 Å². The molecule has 0 aromatic heterocycles. The second-order valence-corrected chi connectivity index (χ2v) is 8.28. The summed E-state index contributed by atoms with van der Waals surface area (Å²) in [6, 6.07) is 6.02. The van der Waals surface area contributed by atoms with E-state index in [4.69, 9.17) is 14.2 Å². The molecule has 0 spiro atoms. The molecule has 27 heavy (non-hydrogen) atoms. The molecular formula is C22H24N2O3. The Morgan fingerprint density at radius 2 is 2.15 bits per heavy atom. The number of likely N-dealkylation sites (N-methyl/N-ethyl adjacent to an activating group) is 1. The molecule has 3 aliphatic carbocycles. The Kier molecular flexibility index (Phi) is 2.96. The molecule has 3 atom stereocenters. The summed E-state index contributed by atoms with van der Waals surface area (Å²) in [5.41, 5.74) is 5.61. The lowest BCUT2D eigenvalue weighted by Crippen LogP contribution is -2.32. The molecule has 2 heterocycles. The third kappa shape index (κ3) is 1.93. The first kappa shape index (κ1) is 15.6. The van der Waals surface area contributed by atoms with E-state index in [-0.39, 0.29) is 11.0 Å². The van der Waals surface area contributed by atoms with E-state index in [0.717, 1.165) is 42.1 Å². The van der Waals surface area contributed by atoms with E-state index >= 15 is 0 Å². The van der Waals surface area contributed by atoms with Crippen LogP contribution in [0.4, 0.5) is 5.69 Å². The first-order valence-corrected chi connectivity index (χ1v) is 9.73. The van der Waals surface area contributed by atoms with Crippen molar-refractivity contribution in [1.82, 2.24) is 4.90 Å². The van der Waals surface area contributed by atoms with Crippen molar-refractivity contribution in [2.24, 2.45) is 5.41 Å². The molecule has 5 nitrogen and oxygen atoms in total. The third-order valence-electron chi connectivity index (χ3n) is 7.16. The number of hydrogen-bond donors (Lipinski definition) is 1. The number of nitrogens with one attached hydrogen (secondary N) is 1. The third-order valence-corrected chi connectivity index (χ3v) is 7.16. The predicted molar refractivity (Wildman–Crippen MR) is 103 cm³/mol. The monoisotopic (exact) mass is 364 g/mol. The van der Waals surface area contributed by atoms with Crippen LogP contribution in [-0.2, 0) is 4.74 Å². The summed E-state index contributed by atoms with van der Waals surface area (Å²) in [6.45, 7) is 0.303. The Bertz CT molecular complexity index is 933. The van der Waals surface area contributed by atoms with E-state index in [2.05, 4.69) is 35.5 Å². The van der Waals surface area contributed by atoms with Gasteiger partial charge in [-0.1, -0.05) is 6.08 Å². The number of anilines is 1. The standard InChI is InChI=1S/C22H24N2O3/c1-24-18-5-4-16(25-2)10-17(18)21-11-15(7-8-22(21,24)12-21)23-14-3-6-19-20(9-14)27-13-26-19/h3,6-9,11,16,23H,4-5,10,12-13H2,1-2H3. The number of fused-ring (bicyclic) bond motifs is 1. The van der Waals surface area contributed by atoms with E-state index in [1.54, 1.807) is 11.3 Å². The Labute approximate surface area is 159 Å². The van der Waals surface area contributed by atoms with Crippen LogP contribution in [0.5, 0.6) is 11.5 Å². The summed E-state index contributed by atoms with van der Waals surface area (Å²) < 4.78 is 16.6. The van der Waals surface area contributed by atoms with Crippen LogP contribution in [-0.4, -0.2) is 37.5 Å². The minimum Gasteiger partial charge on any atom is -0.454 e. The predicted octanol–water partition coefficient (Wildman–Crippen LogP) is 3.81. The topological polar surface area (TPSA) is 43.0 Å². The van der Waals surface area contributed by atoms with Gasteiger partial charge in [0.1, 0.15) is 0 Å². The fraction of sp³-hybridized carbons (Fsp3) is 0.455. The van der Waals surface area contributed by atoms with Gasteiger partial charge in [-0.05, 0) is 55.5 Å². The highest BCUT2D eigenvalue weighted by molar-refractivity contribution is 5.64. The summed E-state index contributed by atoms with van der Waals surface area (Å²) in [5, 5.41) is 3.57. The smallest absolute Gasteiger partial charge is 0.231 e. The van der Waals surface area contributed by atoms with Crippen LogP contribution in [0.2, 0.25) is 0 Å². The molecule has 6 rings (SSSR count). The maximum Gasteiger partial charge on any atom is 0.231 e. The minimum atomic E-state index is 0.141. The average Bonchev–Trinajstić information content (AvgIpc) is 3.08. The highest BCUT2D eigenvalue weighted by Crippen LogP contribution is 2.74. The molecule has 3 unspecified atom stereocenters. The lowest BCUT2D eigenvalue weighted by atomic mass is 9.81. The number of methoxy groups -OCH3 is 1. The molecular weight excluding hydrogens is 340 g/mol. The van der Waals surface area contributed by atoms with Crippen molar-refractivity contribution in [2.45, 2.75) is 37.3 Å². The number of hydrogen-bond acceptors (Lipinski definition) is 5. The van der Waals surface area contributed by atoms with E-state index in [1.165, 1.54) is 6.42 Å². The number of ether oxygens (including phenoxy) is 3. The number of rotatable bonds is 3. The van der Waals surface area contributed by atoms with Gasteiger partial charge >= 0.3 is 0 Å². The molecule has 5 aliphatic rings. The molecule has 0 amide bonds. The van der Waals surface area contributed by atoms with E-state index in [1.807, 2.05) is 25.3 Å². The molecule has 1 N–H and O–H groups in total. The zero-order valence-electron chi connectivity index (χ0n) is 15.7. The van der Waals surface area contributed by atoms with Gasteiger partial charge < -0.3 is 24.4 Å². The van der Waals surface area contributed by atoms with Crippen molar-refractivity contribution >= 4 is 5.69 Å². The van der Waals surface area contributed by atoms with Gasteiger partial charge in [0.15, 0.2) is 11.5 Å². The Morgan fingerprint density at radius 3 is 3.04 bits per heavy atom. The molecule has 1 saturated carbocycles. The number of nitrogens with zero attached hydrogens (tertiary/aromatic N) is 1.